The Kier molecular flexibility index (Phi) is 5.07. The van der Waals surface area contributed by atoms with Crippen LogP contribution in [0.1, 0.15) is 11.1 Å². The predicted octanol–water partition coefficient (Wildman–Crippen LogP) is 4.29. The van der Waals surface area contributed by atoms with Crippen molar-refractivity contribution in [3.05, 3.63) is 117 Å². The van der Waals surface area contributed by atoms with Gasteiger partial charge in [0.1, 0.15) is 29.7 Å². The summed E-state index contributed by atoms with van der Waals surface area (Å²) in [5.74, 6) is -1.71. The summed E-state index contributed by atoms with van der Waals surface area (Å²) >= 11 is 6.41. The first-order valence-electron chi connectivity index (χ1n) is 11.4. The summed E-state index contributed by atoms with van der Waals surface area (Å²) in [4.78, 5) is 30.8. The summed E-state index contributed by atoms with van der Waals surface area (Å²) in [5, 5.41) is 10.9. The van der Waals surface area contributed by atoms with Crippen LogP contribution in [-0.2, 0) is 26.3 Å². The van der Waals surface area contributed by atoms with E-state index in [1.54, 1.807) is 36.4 Å². The smallest absolute Gasteiger partial charge is 0.338 e. The van der Waals surface area contributed by atoms with Crippen LogP contribution in [0.25, 0.3) is 0 Å². The van der Waals surface area contributed by atoms with Crippen LogP contribution in [0, 0.1) is 17.1 Å². The first kappa shape index (κ1) is 22.8. The Labute approximate surface area is 216 Å². The first-order valence-corrected chi connectivity index (χ1v) is 11.8. The number of carbonyl (C=O) groups is 2. The number of anilines is 2. The molecule has 7 nitrogen and oxygen atoms in total. The standard InChI is InChI=1S/C28H18ClFN4O3/c29-21-7-3-1-5-16(21)14-33-22-8-4-2-6-19(22)28(27(33)36)20(13-31)25(32)34(18-11-9-17(30)10-12-18)23-15-37-26(35)24(23)28/h1-12H,14-15,32H2/t28-/m1/s1. The number of nitriles is 1. The molecule has 0 radical (unpaired) electrons. The summed E-state index contributed by atoms with van der Waals surface area (Å²) < 4.78 is 19.1. The maximum absolute atomic E-state index is 14.5. The number of carbonyl (C=O) groups excluding carboxylic acids is 2. The number of esters is 1. The molecule has 3 aliphatic rings. The molecular formula is C28H18ClFN4O3. The van der Waals surface area contributed by atoms with Crippen molar-refractivity contribution in [1.82, 2.24) is 0 Å². The quantitative estimate of drug-likeness (QED) is 0.526. The van der Waals surface area contributed by atoms with Gasteiger partial charge in [0.05, 0.1) is 23.4 Å². The second kappa shape index (κ2) is 8.22. The minimum atomic E-state index is -1.80. The van der Waals surface area contributed by atoms with Crippen molar-refractivity contribution in [3.63, 3.8) is 0 Å². The highest BCUT2D eigenvalue weighted by atomic mass is 35.5. The van der Waals surface area contributed by atoms with E-state index >= 15 is 0 Å². The fraction of sp³-hybridized carbons (Fsp3) is 0.107. The molecule has 182 valence electrons. The normalized spacial score (nSPS) is 20.4. The van der Waals surface area contributed by atoms with E-state index in [4.69, 9.17) is 22.1 Å². The van der Waals surface area contributed by atoms with Crippen molar-refractivity contribution >= 4 is 34.9 Å². The van der Waals surface area contributed by atoms with Gasteiger partial charge in [-0.15, -0.1) is 0 Å². The van der Waals surface area contributed by atoms with Crippen LogP contribution in [0.5, 0.6) is 0 Å². The highest BCUT2D eigenvalue weighted by Gasteiger charge is 2.63. The molecule has 0 unspecified atom stereocenters. The Hall–Kier alpha value is -4.61. The first-order chi connectivity index (χ1) is 17.9. The molecule has 1 spiro atoms. The molecule has 3 heterocycles. The Morgan fingerprint density at radius 2 is 1.76 bits per heavy atom. The molecule has 0 fully saturated rings. The molecule has 1 atom stereocenters. The molecule has 37 heavy (non-hydrogen) atoms. The summed E-state index contributed by atoms with van der Waals surface area (Å²) in [6, 6.07) is 21.7. The molecule has 3 aliphatic heterocycles. The number of halogens is 2. The number of rotatable bonds is 3. The molecule has 0 aliphatic carbocycles. The number of nitrogens with zero attached hydrogens (tertiary/aromatic N) is 3. The van der Waals surface area contributed by atoms with Gasteiger partial charge in [0.25, 0.3) is 0 Å². The van der Waals surface area contributed by atoms with E-state index in [0.717, 1.165) is 0 Å². The number of nitrogens with two attached hydrogens (primary N) is 1. The van der Waals surface area contributed by atoms with E-state index in [-0.39, 0.29) is 30.1 Å². The molecule has 0 saturated heterocycles. The van der Waals surface area contributed by atoms with Crippen molar-refractivity contribution in [2.24, 2.45) is 5.73 Å². The van der Waals surface area contributed by atoms with Crippen LogP contribution in [0.3, 0.4) is 0 Å². The molecule has 0 bridgehead atoms. The van der Waals surface area contributed by atoms with Crippen LogP contribution in [-0.4, -0.2) is 18.5 Å². The van der Waals surface area contributed by atoms with E-state index < -0.39 is 23.1 Å². The van der Waals surface area contributed by atoms with Crippen molar-refractivity contribution in [2.75, 3.05) is 16.4 Å². The largest absolute Gasteiger partial charge is 0.456 e. The van der Waals surface area contributed by atoms with Crippen LogP contribution in [0.4, 0.5) is 15.8 Å². The number of hydrogen-bond donors (Lipinski definition) is 1. The maximum Gasteiger partial charge on any atom is 0.338 e. The van der Waals surface area contributed by atoms with E-state index in [1.807, 2.05) is 12.1 Å². The number of para-hydroxylation sites is 1. The zero-order valence-corrected chi connectivity index (χ0v) is 20.0. The predicted molar refractivity (Wildman–Crippen MR) is 134 cm³/mol. The molecule has 3 aromatic carbocycles. The van der Waals surface area contributed by atoms with Gasteiger partial charge < -0.3 is 15.4 Å². The van der Waals surface area contributed by atoms with E-state index in [0.29, 0.717) is 33.2 Å². The zero-order valence-electron chi connectivity index (χ0n) is 19.2. The highest BCUT2D eigenvalue weighted by Crippen LogP contribution is 2.56. The van der Waals surface area contributed by atoms with Gasteiger partial charge in [-0.2, -0.15) is 5.26 Å². The topological polar surface area (TPSA) is 99.7 Å². The van der Waals surface area contributed by atoms with Gasteiger partial charge >= 0.3 is 5.97 Å². The van der Waals surface area contributed by atoms with Crippen LogP contribution < -0.4 is 15.5 Å². The average Bonchev–Trinajstić information content (AvgIpc) is 3.39. The van der Waals surface area contributed by atoms with Gasteiger partial charge in [-0.1, -0.05) is 48.0 Å². The second-order valence-electron chi connectivity index (χ2n) is 8.83. The third-order valence-electron chi connectivity index (χ3n) is 7.00. The summed E-state index contributed by atoms with van der Waals surface area (Å²) in [7, 11) is 0. The van der Waals surface area contributed by atoms with Crippen molar-refractivity contribution in [1.29, 1.82) is 5.26 Å². The van der Waals surface area contributed by atoms with Gasteiger partial charge in [0.15, 0.2) is 0 Å². The number of hydrogen-bond acceptors (Lipinski definition) is 6. The van der Waals surface area contributed by atoms with Crippen LogP contribution in [0.2, 0.25) is 5.02 Å². The Bertz CT molecular complexity index is 1610. The van der Waals surface area contributed by atoms with E-state index in [1.165, 1.54) is 34.1 Å². The van der Waals surface area contributed by atoms with Gasteiger partial charge in [0, 0.05) is 22.0 Å². The van der Waals surface area contributed by atoms with Gasteiger partial charge in [-0.3, -0.25) is 9.69 Å². The summed E-state index contributed by atoms with van der Waals surface area (Å²) in [6.45, 7) is -0.0398. The molecule has 1 amide bonds. The third-order valence-corrected chi connectivity index (χ3v) is 7.37. The lowest BCUT2D eigenvalue weighted by Crippen LogP contribution is -2.50. The lowest BCUT2D eigenvalue weighted by atomic mass is 9.67. The lowest BCUT2D eigenvalue weighted by molar-refractivity contribution is -0.137. The average molecular weight is 513 g/mol. The van der Waals surface area contributed by atoms with Crippen LogP contribution >= 0.6 is 11.6 Å². The highest BCUT2D eigenvalue weighted by molar-refractivity contribution is 6.31. The van der Waals surface area contributed by atoms with Gasteiger partial charge in [-0.05, 0) is 42.0 Å². The summed E-state index contributed by atoms with van der Waals surface area (Å²) in [6.07, 6.45) is 0. The van der Waals surface area contributed by atoms with Crippen LogP contribution in [0.15, 0.2) is 95.5 Å². The fourth-order valence-corrected chi connectivity index (χ4v) is 5.63. The van der Waals surface area contributed by atoms with Crippen molar-refractivity contribution < 1.29 is 18.7 Å². The molecule has 9 heteroatoms. The Morgan fingerprint density at radius 3 is 2.49 bits per heavy atom. The molecule has 0 saturated carbocycles. The van der Waals surface area contributed by atoms with Gasteiger partial charge in [-0.25, -0.2) is 9.18 Å². The minimum Gasteiger partial charge on any atom is -0.456 e. The zero-order chi connectivity index (χ0) is 25.9. The molecule has 6 rings (SSSR count). The van der Waals surface area contributed by atoms with Crippen molar-refractivity contribution in [3.8, 4) is 6.07 Å². The number of amides is 1. The number of cyclic esters (lactones) is 1. The molecule has 3 aromatic rings. The molecule has 2 N–H and O–H groups in total. The van der Waals surface area contributed by atoms with E-state index in [9.17, 15) is 19.2 Å². The molecular weight excluding hydrogens is 495 g/mol. The Balaban J connectivity index is 1.61. The lowest BCUT2D eigenvalue weighted by Gasteiger charge is -2.38. The van der Waals surface area contributed by atoms with Gasteiger partial charge in [0.2, 0.25) is 5.91 Å². The Morgan fingerprint density at radius 1 is 1.05 bits per heavy atom. The summed E-state index contributed by atoms with van der Waals surface area (Å²) in [5.41, 5.74) is 7.18. The minimum absolute atomic E-state index is 0.0293. The SMILES string of the molecule is N#CC1=C(N)N(c2ccc(F)cc2)C2=C(C(=O)OC2)[C@]12C(=O)N(Cc1ccccc1Cl)c1ccccc12. The second-order valence-corrected chi connectivity index (χ2v) is 9.24. The van der Waals surface area contributed by atoms with Crippen molar-refractivity contribution in [2.45, 2.75) is 12.0 Å². The van der Waals surface area contributed by atoms with E-state index in [2.05, 4.69) is 6.07 Å². The third kappa shape index (κ3) is 3.04. The fourth-order valence-electron chi connectivity index (χ4n) is 5.43. The maximum atomic E-state index is 14.5. The monoisotopic (exact) mass is 512 g/mol. The number of benzene rings is 3. The number of fused-ring (bicyclic) bond motifs is 3. The molecule has 0 aromatic heterocycles. The number of ether oxygens (including phenoxy) is 1.